The topological polar surface area (TPSA) is 81.6 Å². The van der Waals surface area contributed by atoms with Crippen LogP contribution in [0.1, 0.15) is 44.5 Å². The third kappa shape index (κ3) is 3.73. The maximum Gasteiger partial charge on any atom is 0.331 e. The highest BCUT2D eigenvalue weighted by Crippen LogP contribution is 2.44. The van der Waals surface area contributed by atoms with Crippen LogP contribution in [-0.2, 0) is 27.0 Å². The van der Waals surface area contributed by atoms with E-state index < -0.39 is 16.9 Å². The summed E-state index contributed by atoms with van der Waals surface area (Å²) in [4.78, 5) is 16.4. The zero-order valence-corrected chi connectivity index (χ0v) is 21.0. The molecular weight excluding hydrogens is 459 g/mol. The van der Waals surface area contributed by atoms with Crippen molar-refractivity contribution in [1.82, 2.24) is 14.3 Å². The third-order valence-electron chi connectivity index (χ3n) is 6.92. The fraction of sp³-hybridized carbons (Fsp3) is 0.321. The van der Waals surface area contributed by atoms with Crippen LogP contribution in [0.15, 0.2) is 53.8 Å². The van der Waals surface area contributed by atoms with Crippen molar-refractivity contribution in [3.05, 3.63) is 71.4 Å². The fourth-order valence-corrected chi connectivity index (χ4v) is 4.97. The molecule has 0 radical (unpaired) electrons. The Kier molecular flexibility index (Phi) is 5.59. The standard InChI is InChI=1S/C28H29FN4O3/c1-27(2,16-36-5)25-24(19-14-31-32(15-19)28(3,4)26(34)35)22-10-17-12-30-13-18(17)11-23(22)33(25)21-8-6-20(29)7-9-21/h6-11,13-15H,12,16H2,1-5H3,(H,34,35). The molecule has 186 valence electrons. The van der Waals surface area contributed by atoms with E-state index in [0.717, 1.165) is 44.5 Å². The number of carboxylic acid groups (broad SMARTS) is 1. The number of benzene rings is 2. The quantitative estimate of drug-likeness (QED) is 0.382. The highest BCUT2D eigenvalue weighted by atomic mass is 19.1. The first-order chi connectivity index (χ1) is 17.0. The molecule has 4 aromatic rings. The number of fused-ring (bicyclic) bond motifs is 2. The monoisotopic (exact) mass is 488 g/mol. The molecule has 36 heavy (non-hydrogen) atoms. The second kappa shape index (κ2) is 8.41. The van der Waals surface area contributed by atoms with Crippen molar-refractivity contribution in [2.24, 2.45) is 4.99 Å². The van der Waals surface area contributed by atoms with Gasteiger partial charge < -0.3 is 14.4 Å². The predicted octanol–water partition coefficient (Wildman–Crippen LogP) is 5.31. The minimum absolute atomic E-state index is 0.307. The average molecular weight is 489 g/mol. The molecule has 0 amide bonds. The molecule has 0 spiro atoms. The van der Waals surface area contributed by atoms with Gasteiger partial charge in [-0.05, 0) is 61.4 Å². The number of rotatable bonds is 7. The summed E-state index contributed by atoms with van der Waals surface area (Å²) in [5.41, 5.74) is 4.98. The van der Waals surface area contributed by atoms with Crippen LogP contribution in [0.3, 0.4) is 0 Å². The van der Waals surface area contributed by atoms with Gasteiger partial charge in [0, 0.05) is 52.8 Å². The number of hydrogen-bond acceptors (Lipinski definition) is 4. The summed E-state index contributed by atoms with van der Waals surface area (Å²) in [6.07, 6.45) is 5.38. The largest absolute Gasteiger partial charge is 0.479 e. The lowest BCUT2D eigenvalue weighted by molar-refractivity contribution is -0.146. The van der Waals surface area contributed by atoms with Gasteiger partial charge in [-0.2, -0.15) is 5.10 Å². The van der Waals surface area contributed by atoms with Crippen LogP contribution < -0.4 is 0 Å². The lowest BCUT2D eigenvalue weighted by Crippen LogP contribution is -2.35. The molecule has 1 aliphatic rings. The molecular formula is C28H29FN4O3. The van der Waals surface area contributed by atoms with Gasteiger partial charge in [0.15, 0.2) is 5.54 Å². The second-order valence-corrected chi connectivity index (χ2v) is 10.4. The van der Waals surface area contributed by atoms with E-state index in [0.29, 0.717) is 13.2 Å². The number of aliphatic carboxylic acids is 1. The minimum Gasteiger partial charge on any atom is -0.479 e. The summed E-state index contributed by atoms with van der Waals surface area (Å²) in [6, 6.07) is 10.7. The average Bonchev–Trinajstić information content (AvgIpc) is 3.55. The van der Waals surface area contributed by atoms with E-state index in [9.17, 15) is 14.3 Å². The summed E-state index contributed by atoms with van der Waals surface area (Å²) >= 11 is 0. The maximum absolute atomic E-state index is 13.9. The summed E-state index contributed by atoms with van der Waals surface area (Å²) in [7, 11) is 1.67. The van der Waals surface area contributed by atoms with Crippen LogP contribution in [0.25, 0.3) is 27.7 Å². The molecule has 5 rings (SSSR count). The highest BCUT2D eigenvalue weighted by Gasteiger charge is 2.35. The first kappa shape index (κ1) is 23.9. The Balaban J connectivity index is 1.89. The molecule has 1 N–H and O–H groups in total. The molecule has 1 aliphatic heterocycles. The van der Waals surface area contributed by atoms with Gasteiger partial charge in [0.1, 0.15) is 5.82 Å². The van der Waals surface area contributed by atoms with Crippen LogP contribution >= 0.6 is 0 Å². The van der Waals surface area contributed by atoms with E-state index in [1.54, 1.807) is 45.5 Å². The van der Waals surface area contributed by atoms with Crippen LogP contribution in [-0.4, -0.2) is 45.4 Å². The molecule has 0 atom stereocenters. The normalized spacial score (nSPS) is 13.5. The van der Waals surface area contributed by atoms with E-state index in [1.165, 1.54) is 16.8 Å². The Labute approximate surface area is 208 Å². The van der Waals surface area contributed by atoms with Crippen molar-refractivity contribution in [2.75, 3.05) is 13.7 Å². The van der Waals surface area contributed by atoms with Crippen LogP contribution in [0.2, 0.25) is 0 Å². The lowest BCUT2D eigenvalue weighted by Gasteiger charge is -2.28. The highest BCUT2D eigenvalue weighted by molar-refractivity contribution is 6.03. The van der Waals surface area contributed by atoms with Gasteiger partial charge >= 0.3 is 5.97 Å². The number of halogens is 1. The van der Waals surface area contributed by atoms with Gasteiger partial charge in [-0.3, -0.25) is 9.67 Å². The molecule has 0 unspecified atom stereocenters. The number of hydrogen-bond donors (Lipinski definition) is 1. The molecule has 0 fully saturated rings. The first-order valence-electron chi connectivity index (χ1n) is 11.8. The summed E-state index contributed by atoms with van der Waals surface area (Å²) in [6.45, 7) is 8.49. The van der Waals surface area contributed by atoms with Gasteiger partial charge in [0.2, 0.25) is 0 Å². The second-order valence-electron chi connectivity index (χ2n) is 10.4. The van der Waals surface area contributed by atoms with Crippen LogP contribution in [0.5, 0.6) is 0 Å². The van der Waals surface area contributed by atoms with Gasteiger partial charge in [-0.25, -0.2) is 9.18 Å². The Morgan fingerprint density at radius 3 is 2.56 bits per heavy atom. The SMILES string of the molecule is COCC(C)(C)c1c(-c2cnn(C(C)(C)C(=O)O)c2)c2cc3c(cc2n1-c1ccc(F)cc1)C=NC3. The zero-order chi connectivity index (χ0) is 25.8. The fourth-order valence-electron chi connectivity index (χ4n) is 4.97. The first-order valence-corrected chi connectivity index (χ1v) is 11.8. The van der Waals surface area contributed by atoms with E-state index in [1.807, 2.05) is 6.21 Å². The van der Waals surface area contributed by atoms with Gasteiger partial charge in [-0.1, -0.05) is 13.8 Å². The van der Waals surface area contributed by atoms with Crippen molar-refractivity contribution in [1.29, 1.82) is 0 Å². The zero-order valence-electron chi connectivity index (χ0n) is 21.0. The number of aromatic nitrogens is 3. The molecule has 0 aliphatic carbocycles. The van der Waals surface area contributed by atoms with Gasteiger partial charge in [-0.15, -0.1) is 0 Å². The number of nitrogens with zero attached hydrogens (tertiary/aromatic N) is 4. The van der Waals surface area contributed by atoms with Crippen LogP contribution in [0, 0.1) is 5.82 Å². The van der Waals surface area contributed by atoms with Crippen molar-refractivity contribution in [3.8, 4) is 16.8 Å². The van der Waals surface area contributed by atoms with E-state index in [4.69, 9.17) is 4.74 Å². The summed E-state index contributed by atoms with van der Waals surface area (Å²) < 4.78 is 23.2. The molecule has 2 aromatic carbocycles. The number of carboxylic acids is 1. The Morgan fingerprint density at radius 2 is 1.89 bits per heavy atom. The Bertz CT molecular complexity index is 1510. The van der Waals surface area contributed by atoms with Crippen molar-refractivity contribution >= 4 is 23.1 Å². The number of ether oxygens (including phenoxy) is 1. The van der Waals surface area contributed by atoms with E-state index >= 15 is 0 Å². The summed E-state index contributed by atoms with van der Waals surface area (Å²) in [5, 5.41) is 15.2. The minimum atomic E-state index is -1.22. The summed E-state index contributed by atoms with van der Waals surface area (Å²) in [5.74, 6) is -1.28. The molecule has 2 aromatic heterocycles. The molecule has 0 saturated heterocycles. The molecule has 7 nitrogen and oxygen atoms in total. The van der Waals surface area contributed by atoms with Crippen molar-refractivity contribution < 1.29 is 19.0 Å². The number of methoxy groups -OCH3 is 1. The molecule has 0 saturated carbocycles. The smallest absolute Gasteiger partial charge is 0.331 e. The van der Waals surface area contributed by atoms with Gasteiger partial charge in [0.25, 0.3) is 0 Å². The van der Waals surface area contributed by atoms with E-state index in [2.05, 4.69) is 40.6 Å². The molecule has 8 heteroatoms. The predicted molar refractivity (Wildman–Crippen MR) is 138 cm³/mol. The Morgan fingerprint density at radius 1 is 1.17 bits per heavy atom. The van der Waals surface area contributed by atoms with Crippen molar-refractivity contribution in [2.45, 2.75) is 45.2 Å². The lowest BCUT2D eigenvalue weighted by atomic mass is 9.85. The third-order valence-corrected chi connectivity index (χ3v) is 6.92. The maximum atomic E-state index is 13.9. The number of aliphatic imine (C=N–C) groups is 1. The molecule has 0 bridgehead atoms. The van der Waals surface area contributed by atoms with Crippen molar-refractivity contribution in [3.63, 3.8) is 0 Å². The van der Waals surface area contributed by atoms with E-state index in [-0.39, 0.29) is 5.82 Å². The molecule has 3 heterocycles. The van der Waals surface area contributed by atoms with Gasteiger partial charge in [0.05, 0.1) is 24.9 Å². The van der Waals surface area contributed by atoms with Crippen LogP contribution in [0.4, 0.5) is 4.39 Å². The number of carbonyl (C=O) groups is 1. The Hall–Kier alpha value is -3.78.